The second-order valence-corrected chi connectivity index (χ2v) is 4.46. The zero-order valence-corrected chi connectivity index (χ0v) is 10.9. The Morgan fingerprint density at radius 3 is 3.00 bits per heavy atom. The highest BCUT2D eigenvalue weighted by Crippen LogP contribution is 2.17. The highest BCUT2D eigenvalue weighted by Gasteiger charge is 2.12. The van der Waals surface area contributed by atoms with Crippen LogP contribution in [0.5, 0.6) is 5.75 Å². The summed E-state index contributed by atoms with van der Waals surface area (Å²) in [7, 11) is 0. The molecule has 0 unspecified atom stereocenters. The Hall–Kier alpha value is -1.59. The maximum absolute atomic E-state index is 11.0. The third-order valence-electron chi connectivity index (χ3n) is 3.10. The number of hydrogen-bond acceptors (Lipinski definition) is 4. The molecule has 1 aromatic rings. The van der Waals surface area contributed by atoms with Crippen molar-refractivity contribution in [3.8, 4) is 5.75 Å². The number of nitrogens with zero attached hydrogens (tertiary/aromatic N) is 1. The zero-order chi connectivity index (χ0) is 13.5. The highest BCUT2D eigenvalue weighted by atomic mass is 16.5. The molecule has 1 N–H and O–H groups in total. The van der Waals surface area contributed by atoms with Gasteiger partial charge in [-0.25, -0.2) is 4.79 Å². The molecular formula is C14H19NO4. The van der Waals surface area contributed by atoms with Crippen LogP contribution in [0, 0.1) is 0 Å². The lowest BCUT2D eigenvalue weighted by Gasteiger charge is -2.19. The number of ether oxygens (including phenoxy) is 2. The Balaban J connectivity index is 1.83. The molecule has 0 spiro atoms. The summed E-state index contributed by atoms with van der Waals surface area (Å²) >= 11 is 0. The fraction of sp³-hybridized carbons (Fsp3) is 0.500. The van der Waals surface area contributed by atoms with Gasteiger partial charge in [0.25, 0.3) is 0 Å². The molecule has 19 heavy (non-hydrogen) atoms. The van der Waals surface area contributed by atoms with Crippen LogP contribution in [0.3, 0.4) is 0 Å². The fourth-order valence-corrected chi connectivity index (χ4v) is 2.08. The van der Waals surface area contributed by atoms with Gasteiger partial charge in [-0.05, 0) is 18.6 Å². The molecule has 0 aliphatic carbocycles. The SMILES string of the molecule is O=C(O)c1ccccc1OCCN1CCCOCC1. The summed E-state index contributed by atoms with van der Waals surface area (Å²) in [5, 5.41) is 9.04. The van der Waals surface area contributed by atoms with Gasteiger partial charge in [0.2, 0.25) is 0 Å². The standard InChI is InChI=1S/C14H19NO4/c16-14(17)12-4-1-2-5-13(12)19-11-8-15-6-3-9-18-10-7-15/h1-2,4-5H,3,6-11H2,(H,16,17). The monoisotopic (exact) mass is 265 g/mol. The molecule has 5 nitrogen and oxygen atoms in total. The number of benzene rings is 1. The molecule has 0 bridgehead atoms. The first kappa shape index (κ1) is 13.8. The number of para-hydroxylation sites is 1. The molecule has 1 aliphatic heterocycles. The van der Waals surface area contributed by atoms with Crippen molar-refractivity contribution in [3.63, 3.8) is 0 Å². The van der Waals surface area contributed by atoms with Gasteiger partial charge in [-0.15, -0.1) is 0 Å². The van der Waals surface area contributed by atoms with Gasteiger partial charge in [-0.2, -0.15) is 0 Å². The molecule has 104 valence electrons. The van der Waals surface area contributed by atoms with Gasteiger partial charge in [0.05, 0.1) is 6.61 Å². The summed E-state index contributed by atoms with van der Waals surface area (Å²) in [5.74, 6) is -0.528. The quantitative estimate of drug-likeness (QED) is 0.874. The van der Waals surface area contributed by atoms with E-state index in [0.29, 0.717) is 12.4 Å². The van der Waals surface area contributed by atoms with E-state index in [4.69, 9.17) is 14.6 Å². The number of hydrogen-bond donors (Lipinski definition) is 1. The van der Waals surface area contributed by atoms with Crippen LogP contribution in [0.25, 0.3) is 0 Å². The fourth-order valence-electron chi connectivity index (χ4n) is 2.08. The van der Waals surface area contributed by atoms with Crippen molar-refractivity contribution in [2.75, 3.05) is 39.5 Å². The maximum atomic E-state index is 11.0. The highest BCUT2D eigenvalue weighted by molar-refractivity contribution is 5.90. The van der Waals surface area contributed by atoms with Crippen LogP contribution < -0.4 is 4.74 Å². The van der Waals surface area contributed by atoms with Gasteiger partial charge in [-0.3, -0.25) is 4.90 Å². The summed E-state index contributed by atoms with van der Waals surface area (Å²) < 4.78 is 11.0. The van der Waals surface area contributed by atoms with Crippen molar-refractivity contribution in [3.05, 3.63) is 29.8 Å². The van der Waals surface area contributed by atoms with E-state index in [1.807, 2.05) is 0 Å². The van der Waals surface area contributed by atoms with Gasteiger partial charge in [0.15, 0.2) is 0 Å². The third-order valence-corrected chi connectivity index (χ3v) is 3.10. The Bertz CT molecular complexity index is 414. The van der Waals surface area contributed by atoms with Gasteiger partial charge in [-0.1, -0.05) is 12.1 Å². The summed E-state index contributed by atoms with van der Waals surface area (Å²) in [6, 6.07) is 6.72. The van der Waals surface area contributed by atoms with Crippen molar-refractivity contribution in [1.82, 2.24) is 4.90 Å². The van der Waals surface area contributed by atoms with Crippen LogP contribution in [0.1, 0.15) is 16.8 Å². The van der Waals surface area contributed by atoms with Crippen LogP contribution in [0.4, 0.5) is 0 Å². The Morgan fingerprint density at radius 1 is 1.32 bits per heavy atom. The second kappa shape index (κ2) is 7.11. The van der Waals surface area contributed by atoms with Gasteiger partial charge >= 0.3 is 5.97 Å². The molecule has 0 amide bonds. The van der Waals surface area contributed by atoms with Gasteiger partial charge in [0.1, 0.15) is 17.9 Å². The normalized spacial score (nSPS) is 16.8. The molecule has 5 heteroatoms. The van der Waals surface area contributed by atoms with E-state index in [1.54, 1.807) is 24.3 Å². The molecule has 0 aromatic heterocycles. The molecule has 1 aromatic carbocycles. The van der Waals surface area contributed by atoms with E-state index in [2.05, 4.69) is 4.90 Å². The lowest BCUT2D eigenvalue weighted by molar-refractivity contribution is 0.0691. The first-order valence-electron chi connectivity index (χ1n) is 6.52. The molecular weight excluding hydrogens is 246 g/mol. The molecule has 0 atom stereocenters. The summed E-state index contributed by atoms with van der Waals surface area (Å²) in [4.78, 5) is 13.3. The van der Waals surface area contributed by atoms with E-state index in [-0.39, 0.29) is 5.56 Å². The predicted molar refractivity (Wildman–Crippen MR) is 70.8 cm³/mol. The maximum Gasteiger partial charge on any atom is 0.339 e. The van der Waals surface area contributed by atoms with E-state index >= 15 is 0 Å². The summed E-state index contributed by atoms with van der Waals surface area (Å²) in [5.41, 5.74) is 0.210. The van der Waals surface area contributed by atoms with Crippen LogP contribution >= 0.6 is 0 Å². The van der Waals surface area contributed by atoms with Crippen molar-refractivity contribution in [2.45, 2.75) is 6.42 Å². The summed E-state index contributed by atoms with van der Waals surface area (Å²) in [6.45, 7) is 4.76. The zero-order valence-electron chi connectivity index (χ0n) is 10.9. The minimum absolute atomic E-state index is 0.210. The number of aromatic carboxylic acids is 1. The van der Waals surface area contributed by atoms with Crippen molar-refractivity contribution < 1.29 is 19.4 Å². The Morgan fingerprint density at radius 2 is 2.16 bits per heavy atom. The van der Waals surface area contributed by atoms with Crippen LogP contribution in [-0.4, -0.2) is 55.4 Å². The van der Waals surface area contributed by atoms with Crippen LogP contribution in [-0.2, 0) is 4.74 Å². The smallest absolute Gasteiger partial charge is 0.339 e. The molecule has 0 radical (unpaired) electrons. The van der Waals surface area contributed by atoms with Gasteiger partial charge in [0, 0.05) is 26.2 Å². The average molecular weight is 265 g/mol. The minimum atomic E-state index is -0.959. The van der Waals surface area contributed by atoms with Crippen LogP contribution in [0.15, 0.2) is 24.3 Å². The molecule has 0 saturated carbocycles. The minimum Gasteiger partial charge on any atom is -0.491 e. The second-order valence-electron chi connectivity index (χ2n) is 4.46. The lowest BCUT2D eigenvalue weighted by atomic mass is 10.2. The van der Waals surface area contributed by atoms with E-state index < -0.39 is 5.97 Å². The van der Waals surface area contributed by atoms with Crippen molar-refractivity contribution >= 4 is 5.97 Å². The number of carboxylic acids is 1. The molecule has 1 aliphatic rings. The summed E-state index contributed by atoms with van der Waals surface area (Å²) in [6.07, 6.45) is 1.03. The molecule has 1 fully saturated rings. The number of carboxylic acid groups (broad SMARTS) is 1. The molecule has 1 heterocycles. The third kappa shape index (κ3) is 4.22. The van der Waals surface area contributed by atoms with E-state index in [1.165, 1.54) is 0 Å². The Labute approximate surface area is 112 Å². The van der Waals surface area contributed by atoms with Gasteiger partial charge < -0.3 is 14.6 Å². The first-order chi connectivity index (χ1) is 9.27. The number of rotatable bonds is 5. The first-order valence-corrected chi connectivity index (χ1v) is 6.52. The predicted octanol–water partition coefficient (Wildman–Crippen LogP) is 1.49. The average Bonchev–Trinajstić information content (AvgIpc) is 2.68. The van der Waals surface area contributed by atoms with E-state index in [0.717, 1.165) is 39.3 Å². The lowest BCUT2D eigenvalue weighted by Crippen LogP contribution is -2.30. The molecule has 1 saturated heterocycles. The Kier molecular flexibility index (Phi) is 5.18. The number of carbonyl (C=O) groups is 1. The van der Waals surface area contributed by atoms with E-state index in [9.17, 15) is 4.79 Å². The van der Waals surface area contributed by atoms with Crippen LogP contribution in [0.2, 0.25) is 0 Å². The van der Waals surface area contributed by atoms with Crippen molar-refractivity contribution in [1.29, 1.82) is 0 Å². The van der Waals surface area contributed by atoms with Crippen molar-refractivity contribution in [2.24, 2.45) is 0 Å². The topological polar surface area (TPSA) is 59.0 Å². The molecule has 2 rings (SSSR count). The largest absolute Gasteiger partial charge is 0.491 e.